The van der Waals surface area contributed by atoms with Gasteiger partial charge in [0.1, 0.15) is 5.82 Å². The van der Waals surface area contributed by atoms with Crippen LogP contribution < -0.4 is 22.5 Å². The summed E-state index contributed by atoms with van der Waals surface area (Å²) >= 11 is 0. The van der Waals surface area contributed by atoms with E-state index in [2.05, 4.69) is 39.0 Å². The third-order valence-corrected chi connectivity index (χ3v) is 3.96. The fourth-order valence-electron chi connectivity index (χ4n) is 2.39. The van der Waals surface area contributed by atoms with Gasteiger partial charge in [-0.1, -0.05) is 50.8 Å². The van der Waals surface area contributed by atoms with E-state index in [0.29, 0.717) is 12.2 Å². The Balaban J connectivity index is 0.00000204. The third kappa shape index (κ3) is 7.61. The minimum atomic E-state index is -0.563. The van der Waals surface area contributed by atoms with Crippen molar-refractivity contribution in [3.05, 3.63) is 53.4 Å². The molecule has 8 heteroatoms. The molecule has 0 aliphatic heterocycles. The Morgan fingerprint density at radius 1 is 1.14 bits per heavy atom. The number of carbonyl (C=O) groups is 1. The van der Waals surface area contributed by atoms with Crippen LogP contribution in [0.5, 0.6) is 0 Å². The third-order valence-electron chi connectivity index (χ3n) is 3.96. The average molecular weight is 398 g/mol. The van der Waals surface area contributed by atoms with Crippen LogP contribution in [0.25, 0.3) is 6.08 Å². The summed E-state index contributed by atoms with van der Waals surface area (Å²) < 4.78 is 0. The van der Waals surface area contributed by atoms with Gasteiger partial charge in [-0.15, -0.1) is 0 Å². The number of nitrogen functional groups attached to an aromatic ring is 2. The van der Waals surface area contributed by atoms with Crippen LogP contribution in [-0.4, -0.2) is 28.4 Å². The average Bonchev–Trinajstić information content (AvgIpc) is 2.72. The molecule has 0 fully saturated rings. The molecule has 0 aliphatic carbocycles. The highest BCUT2D eigenvalue weighted by molar-refractivity contribution is 6.06. The molecule has 0 bridgehead atoms. The second kappa shape index (κ2) is 12.1. The Hall–Kier alpha value is -3.42. The van der Waals surface area contributed by atoms with Crippen molar-refractivity contribution in [2.75, 3.05) is 18.0 Å². The second-order valence-corrected chi connectivity index (χ2v) is 6.05. The summed E-state index contributed by atoms with van der Waals surface area (Å²) in [4.78, 5) is 24.2. The van der Waals surface area contributed by atoms with Crippen molar-refractivity contribution < 1.29 is 4.79 Å². The van der Waals surface area contributed by atoms with Gasteiger partial charge in [-0.25, -0.2) is 9.97 Å². The van der Waals surface area contributed by atoms with Gasteiger partial charge >= 0.3 is 0 Å². The maximum absolute atomic E-state index is 12.2. The predicted octanol–water partition coefficient (Wildman–Crippen LogP) is 2.69. The first kappa shape index (κ1) is 23.6. The van der Waals surface area contributed by atoms with E-state index >= 15 is 0 Å². The molecule has 1 heterocycles. The summed E-state index contributed by atoms with van der Waals surface area (Å²) in [7, 11) is 0. The predicted molar refractivity (Wildman–Crippen MR) is 120 cm³/mol. The first-order valence-corrected chi connectivity index (χ1v) is 9.63. The summed E-state index contributed by atoms with van der Waals surface area (Å²) in [5.41, 5.74) is 19.8. The van der Waals surface area contributed by atoms with Crippen molar-refractivity contribution >= 4 is 29.6 Å². The lowest BCUT2D eigenvalue weighted by atomic mass is 10.1. The van der Waals surface area contributed by atoms with E-state index in [1.54, 1.807) is 6.92 Å². The van der Waals surface area contributed by atoms with Gasteiger partial charge < -0.3 is 17.2 Å². The number of guanidine groups is 1. The van der Waals surface area contributed by atoms with Crippen molar-refractivity contribution in [1.29, 1.82) is 0 Å². The molecule has 0 unspecified atom stereocenters. The zero-order valence-corrected chi connectivity index (χ0v) is 17.4. The maximum Gasteiger partial charge on any atom is 0.280 e. The van der Waals surface area contributed by atoms with Crippen LogP contribution in [0.4, 0.5) is 11.6 Å². The van der Waals surface area contributed by atoms with Crippen molar-refractivity contribution in [2.24, 2.45) is 10.7 Å². The van der Waals surface area contributed by atoms with Crippen LogP contribution in [0, 0.1) is 6.92 Å². The van der Waals surface area contributed by atoms with Crippen molar-refractivity contribution in [3.63, 3.8) is 0 Å². The number of rotatable bonds is 7. The number of nitrogens with two attached hydrogens (primary N) is 3. The van der Waals surface area contributed by atoms with Crippen LogP contribution in [-0.2, 0) is 6.42 Å². The zero-order valence-electron chi connectivity index (χ0n) is 17.4. The molecule has 2 rings (SSSR count). The van der Waals surface area contributed by atoms with Gasteiger partial charge in [0.25, 0.3) is 5.91 Å². The Bertz CT molecular complexity index is 845. The van der Waals surface area contributed by atoms with Crippen LogP contribution in [0.3, 0.4) is 0 Å². The summed E-state index contributed by atoms with van der Waals surface area (Å²) in [5.74, 6) is -0.409. The van der Waals surface area contributed by atoms with Gasteiger partial charge in [-0.3, -0.25) is 15.1 Å². The molecular formula is C21H31N7O. The fourth-order valence-corrected chi connectivity index (χ4v) is 2.39. The van der Waals surface area contributed by atoms with Gasteiger partial charge in [0.2, 0.25) is 0 Å². The highest BCUT2D eigenvalue weighted by Gasteiger charge is 2.15. The summed E-state index contributed by atoms with van der Waals surface area (Å²) in [6.45, 7) is 9.89. The molecule has 0 aliphatic rings. The van der Waals surface area contributed by atoms with Gasteiger partial charge in [0.15, 0.2) is 17.5 Å². The summed E-state index contributed by atoms with van der Waals surface area (Å²) in [5, 5.41) is 2.46. The topological polar surface area (TPSA) is 145 Å². The molecule has 29 heavy (non-hydrogen) atoms. The molecule has 1 amide bonds. The summed E-state index contributed by atoms with van der Waals surface area (Å²) in [6.07, 6.45) is 4.59. The number of anilines is 2. The number of unbranched alkanes of at least 4 members (excludes halogenated alkanes) is 1. The van der Waals surface area contributed by atoms with Crippen LogP contribution in [0.2, 0.25) is 0 Å². The largest absolute Gasteiger partial charge is 0.382 e. The van der Waals surface area contributed by atoms with Crippen LogP contribution in [0.15, 0.2) is 35.8 Å². The van der Waals surface area contributed by atoms with Gasteiger partial charge in [0.05, 0.1) is 5.69 Å². The molecule has 1 aromatic heterocycles. The van der Waals surface area contributed by atoms with E-state index in [4.69, 9.17) is 17.2 Å². The molecule has 156 valence electrons. The quantitative estimate of drug-likeness (QED) is 0.321. The van der Waals surface area contributed by atoms with Gasteiger partial charge in [-0.05, 0) is 37.3 Å². The number of amides is 1. The molecule has 0 saturated heterocycles. The monoisotopic (exact) mass is 397 g/mol. The van der Waals surface area contributed by atoms with Crippen molar-refractivity contribution in [3.8, 4) is 0 Å². The highest BCUT2D eigenvalue weighted by atomic mass is 16.2. The number of hydrogen-bond acceptors (Lipinski definition) is 6. The first-order valence-electron chi connectivity index (χ1n) is 9.63. The van der Waals surface area contributed by atoms with Gasteiger partial charge in [-0.2, -0.15) is 0 Å². The molecule has 1 aromatic carbocycles. The number of carbonyl (C=O) groups excluding carboxylic acids is 1. The van der Waals surface area contributed by atoms with Gasteiger partial charge in [0, 0.05) is 6.54 Å². The van der Waals surface area contributed by atoms with Crippen molar-refractivity contribution in [1.82, 2.24) is 15.3 Å². The Morgan fingerprint density at radius 3 is 2.41 bits per heavy atom. The zero-order chi connectivity index (χ0) is 21.8. The SMILES string of the molecule is C=Cc1ccc(CCCCN=C(N)NC(=O)c2nc(C)c(N)nc2N)cc1.CC. The van der Waals surface area contributed by atoms with E-state index in [0.717, 1.165) is 24.8 Å². The van der Waals surface area contributed by atoms with Crippen LogP contribution in [0.1, 0.15) is 54.0 Å². The van der Waals surface area contributed by atoms with Crippen LogP contribution >= 0.6 is 0 Å². The Kier molecular flexibility index (Phi) is 9.87. The smallest absolute Gasteiger partial charge is 0.280 e. The van der Waals surface area contributed by atoms with E-state index in [-0.39, 0.29) is 23.3 Å². The highest BCUT2D eigenvalue weighted by Crippen LogP contribution is 2.11. The lowest BCUT2D eigenvalue weighted by Crippen LogP contribution is -2.38. The molecular weight excluding hydrogens is 366 g/mol. The molecule has 2 aromatic rings. The molecule has 0 spiro atoms. The summed E-state index contributed by atoms with van der Waals surface area (Å²) in [6, 6.07) is 8.27. The number of aryl methyl sites for hydroxylation is 2. The van der Waals surface area contributed by atoms with E-state index < -0.39 is 5.91 Å². The fraction of sp³-hybridized carbons (Fsp3) is 0.333. The second-order valence-electron chi connectivity index (χ2n) is 6.05. The molecule has 7 N–H and O–H groups in total. The lowest BCUT2D eigenvalue weighted by Gasteiger charge is -2.08. The maximum atomic E-state index is 12.2. The Labute approximate surface area is 172 Å². The number of aliphatic imine (C=N–C) groups is 1. The van der Waals surface area contributed by atoms with E-state index in [1.807, 2.05) is 32.1 Å². The number of nitrogens with one attached hydrogen (secondary N) is 1. The number of nitrogens with zero attached hydrogens (tertiary/aromatic N) is 3. The Morgan fingerprint density at radius 2 is 1.79 bits per heavy atom. The number of aromatic nitrogens is 2. The van der Waals surface area contributed by atoms with E-state index in [1.165, 1.54) is 5.56 Å². The molecule has 0 saturated carbocycles. The first-order chi connectivity index (χ1) is 13.9. The minimum Gasteiger partial charge on any atom is -0.382 e. The normalized spacial score (nSPS) is 10.7. The minimum absolute atomic E-state index is 0.0195. The standard InChI is InChI=1S/C19H25N7O.C2H6/c1-3-13-7-9-14(10-8-13)6-4-5-11-23-19(22)26-18(27)15-17(21)25-16(20)12(2)24-15;1-2/h3,7-10H,1,4-6,11H2,2H3,(H4,20,21,25)(H3,22,23,26,27);1-2H3. The van der Waals surface area contributed by atoms with Crippen molar-refractivity contribution in [2.45, 2.75) is 40.0 Å². The molecule has 0 radical (unpaired) electrons. The number of hydrogen-bond donors (Lipinski definition) is 4. The van der Waals surface area contributed by atoms with E-state index in [9.17, 15) is 4.79 Å². The molecule has 0 atom stereocenters. The molecule has 8 nitrogen and oxygen atoms in total. The number of benzene rings is 1. The lowest BCUT2D eigenvalue weighted by molar-refractivity contribution is 0.0972.